The Bertz CT molecular complexity index is 1080. The van der Waals surface area contributed by atoms with Gasteiger partial charge < -0.3 is 20.2 Å². The second kappa shape index (κ2) is 7.16. The monoisotopic (exact) mass is 377 g/mol. The van der Waals surface area contributed by atoms with E-state index in [4.69, 9.17) is 4.42 Å². The van der Waals surface area contributed by atoms with E-state index in [2.05, 4.69) is 21.2 Å². The molecule has 4 rings (SSSR count). The summed E-state index contributed by atoms with van der Waals surface area (Å²) in [6, 6.07) is 17.5. The van der Waals surface area contributed by atoms with Crippen LogP contribution in [0.4, 0.5) is 17.3 Å². The topological polar surface area (TPSA) is 125 Å². The van der Waals surface area contributed by atoms with Crippen molar-refractivity contribution in [2.45, 2.75) is 0 Å². The summed E-state index contributed by atoms with van der Waals surface area (Å²) >= 11 is 0. The number of nitrogens with one attached hydrogen (secondary N) is 3. The molecule has 3 aromatic rings. The zero-order chi connectivity index (χ0) is 19.5. The number of aliphatic hydroxyl groups excluding tert-OH is 1. The van der Waals surface area contributed by atoms with E-state index in [1.54, 1.807) is 24.3 Å². The molecule has 0 saturated carbocycles. The van der Waals surface area contributed by atoms with Crippen molar-refractivity contribution in [1.29, 1.82) is 0 Å². The summed E-state index contributed by atoms with van der Waals surface area (Å²) in [7, 11) is 0. The minimum atomic E-state index is -0.592. The molecule has 0 bridgehead atoms. The van der Waals surface area contributed by atoms with Gasteiger partial charge in [0.25, 0.3) is 0 Å². The van der Waals surface area contributed by atoms with Gasteiger partial charge in [0.15, 0.2) is 5.82 Å². The van der Waals surface area contributed by atoms with Gasteiger partial charge in [-0.3, -0.25) is 10.1 Å². The number of anilines is 2. The second-order valence-corrected chi connectivity index (χ2v) is 5.87. The Kier molecular flexibility index (Phi) is 4.38. The molecule has 1 aromatic heterocycles. The Balaban J connectivity index is 1.51. The van der Waals surface area contributed by atoms with E-state index in [-0.39, 0.29) is 11.8 Å². The molecule has 0 spiro atoms. The average Bonchev–Trinajstić information content (AvgIpc) is 3.35. The minimum absolute atomic E-state index is 0.182. The molecule has 0 fully saturated rings. The highest BCUT2D eigenvalue weighted by Crippen LogP contribution is 2.30. The molecule has 9 heteroatoms. The largest absolute Gasteiger partial charge is 0.491 e. The number of para-hydroxylation sites is 2. The third kappa shape index (κ3) is 3.36. The molecule has 0 aliphatic carbocycles. The van der Waals surface area contributed by atoms with Gasteiger partial charge in [-0.2, -0.15) is 5.10 Å². The lowest BCUT2D eigenvalue weighted by molar-refractivity contribution is -0.401. The van der Waals surface area contributed by atoms with Gasteiger partial charge in [-0.15, -0.1) is 0 Å². The van der Waals surface area contributed by atoms with Crippen LogP contribution in [0, 0.1) is 10.1 Å². The van der Waals surface area contributed by atoms with E-state index in [0.717, 1.165) is 11.4 Å². The Morgan fingerprint density at radius 2 is 1.75 bits per heavy atom. The second-order valence-electron chi connectivity index (χ2n) is 5.87. The molecule has 0 radical (unpaired) electrons. The summed E-state index contributed by atoms with van der Waals surface area (Å²) in [5.74, 6) is 0.220. The number of nitrogens with zero attached hydrogens (tertiary/aromatic N) is 2. The molecule has 28 heavy (non-hydrogen) atoms. The number of hydrazone groups is 1. The molecule has 0 unspecified atom stereocenters. The number of hydrogen-bond acceptors (Lipinski definition) is 8. The van der Waals surface area contributed by atoms with E-state index in [0.29, 0.717) is 22.7 Å². The highest BCUT2D eigenvalue weighted by molar-refractivity contribution is 5.89. The molecule has 1 aliphatic rings. The summed E-state index contributed by atoms with van der Waals surface area (Å²) in [5, 5.41) is 31.1. The zero-order valence-electron chi connectivity index (χ0n) is 14.4. The first-order chi connectivity index (χ1) is 13.6. The quantitative estimate of drug-likeness (QED) is 0.229. The van der Waals surface area contributed by atoms with Gasteiger partial charge in [0, 0.05) is 11.1 Å². The molecule has 0 saturated heterocycles. The van der Waals surface area contributed by atoms with E-state index in [9.17, 15) is 15.2 Å². The van der Waals surface area contributed by atoms with Crippen LogP contribution in [0.2, 0.25) is 0 Å². The molecule has 0 atom stereocenters. The van der Waals surface area contributed by atoms with Crippen LogP contribution < -0.4 is 16.1 Å². The van der Waals surface area contributed by atoms with Crippen LogP contribution in [0.5, 0.6) is 0 Å². The van der Waals surface area contributed by atoms with Gasteiger partial charge in [0.2, 0.25) is 5.88 Å². The van der Waals surface area contributed by atoms with Crippen molar-refractivity contribution in [1.82, 2.24) is 5.43 Å². The zero-order valence-corrected chi connectivity index (χ0v) is 14.4. The van der Waals surface area contributed by atoms with E-state index in [1.807, 2.05) is 24.3 Å². The summed E-state index contributed by atoms with van der Waals surface area (Å²) in [4.78, 5) is 10.2. The summed E-state index contributed by atoms with van der Waals surface area (Å²) < 4.78 is 5.26. The number of fused-ring (bicyclic) bond motifs is 1. The van der Waals surface area contributed by atoms with Crippen LogP contribution in [0.25, 0.3) is 11.3 Å². The highest BCUT2D eigenvalue weighted by atomic mass is 16.6. The molecule has 4 N–H and O–H groups in total. The normalized spacial score (nSPS) is 12.4. The Morgan fingerprint density at radius 3 is 2.43 bits per heavy atom. The minimum Gasteiger partial charge on any atom is -0.491 e. The lowest BCUT2D eigenvalue weighted by atomic mass is 10.1. The fourth-order valence-electron chi connectivity index (χ4n) is 2.74. The summed E-state index contributed by atoms with van der Waals surface area (Å²) in [5.41, 5.74) is 5.54. The fraction of sp³-hybridized carbons (Fsp3) is 0. The molecule has 1 aliphatic heterocycles. The van der Waals surface area contributed by atoms with Gasteiger partial charge >= 0.3 is 5.88 Å². The number of aliphatic hydroxyl groups is 1. The van der Waals surface area contributed by atoms with Crippen LogP contribution in [-0.4, -0.2) is 16.2 Å². The van der Waals surface area contributed by atoms with E-state index < -0.39 is 4.92 Å². The van der Waals surface area contributed by atoms with Crippen molar-refractivity contribution in [2.75, 3.05) is 10.6 Å². The van der Waals surface area contributed by atoms with Crippen LogP contribution >= 0.6 is 0 Å². The molecule has 2 heterocycles. The van der Waals surface area contributed by atoms with Crippen molar-refractivity contribution in [3.63, 3.8) is 0 Å². The van der Waals surface area contributed by atoms with Crippen LogP contribution in [0.15, 0.2) is 81.9 Å². The molecular formula is C19H15N5O4. The SMILES string of the molecule is O=[N+]([O-])c1ccc(-c2ccccc2/C=N/NC(O)=C2Nc3ccccc3N2)o1. The lowest BCUT2D eigenvalue weighted by Gasteiger charge is -2.05. The predicted octanol–water partition coefficient (Wildman–Crippen LogP) is 4.00. The van der Waals surface area contributed by atoms with E-state index in [1.165, 1.54) is 18.3 Å². The number of rotatable bonds is 5. The van der Waals surface area contributed by atoms with Crippen LogP contribution in [0.3, 0.4) is 0 Å². The van der Waals surface area contributed by atoms with E-state index >= 15 is 0 Å². The summed E-state index contributed by atoms with van der Waals surface area (Å²) in [6.07, 6.45) is 1.49. The predicted molar refractivity (Wildman–Crippen MR) is 105 cm³/mol. The number of benzene rings is 2. The van der Waals surface area contributed by atoms with Gasteiger partial charge in [0.1, 0.15) is 10.7 Å². The van der Waals surface area contributed by atoms with Gasteiger partial charge in [-0.25, -0.2) is 5.43 Å². The third-order valence-electron chi connectivity index (χ3n) is 4.06. The van der Waals surface area contributed by atoms with Crippen molar-refractivity contribution in [3.8, 4) is 11.3 Å². The number of nitro groups is 1. The smallest absolute Gasteiger partial charge is 0.433 e. The van der Waals surface area contributed by atoms with Crippen molar-refractivity contribution >= 4 is 23.5 Å². The Morgan fingerprint density at radius 1 is 1.07 bits per heavy atom. The maximum absolute atomic E-state index is 10.8. The lowest BCUT2D eigenvalue weighted by Crippen LogP contribution is -2.14. The van der Waals surface area contributed by atoms with Crippen molar-refractivity contribution in [3.05, 3.63) is 88.0 Å². The van der Waals surface area contributed by atoms with Crippen LogP contribution in [-0.2, 0) is 0 Å². The number of hydrogen-bond donors (Lipinski definition) is 4. The maximum Gasteiger partial charge on any atom is 0.433 e. The Hall–Kier alpha value is -4.27. The molecule has 9 nitrogen and oxygen atoms in total. The van der Waals surface area contributed by atoms with Crippen molar-refractivity contribution < 1.29 is 14.4 Å². The third-order valence-corrected chi connectivity index (χ3v) is 4.06. The molecular weight excluding hydrogens is 362 g/mol. The molecule has 140 valence electrons. The maximum atomic E-state index is 10.8. The van der Waals surface area contributed by atoms with Crippen LogP contribution in [0.1, 0.15) is 5.56 Å². The van der Waals surface area contributed by atoms with Gasteiger partial charge in [0.05, 0.1) is 23.7 Å². The standard InChI is InChI=1S/C19H15N5O4/c25-19(18-21-14-7-3-4-8-15(14)22-18)23-20-11-12-5-1-2-6-13(12)16-9-10-17(28-16)24(26)27/h1-11,21-23,25H/b20-11+. The highest BCUT2D eigenvalue weighted by Gasteiger charge is 2.17. The average molecular weight is 377 g/mol. The first-order valence-electron chi connectivity index (χ1n) is 8.31. The van der Waals surface area contributed by atoms with Gasteiger partial charge in [-0.1, -0.05) is 36.4 Å². The first kappa shape index (κ1) is 17.2. The number of furan rings is 1. The molecule has 0 amide bonds. The Labute approximate surface area is 159 Å². The fourth-order valence-corrected chi connectivity index (χ4v) is 2.74. The molecule has 2 aromatic carbocycles. The van der Waals surface area contributed by atoms with Gasteiger partial charge in [-0.05, 0) is 18.2 Å². The first-order valence-corrected chi connectivity index (χ1v) is 8.31. The summed E-state index contributed by atoms with van der Waals surface area (Å²) in [6.45, 7) is 0. The van der Waals surface area contributed by atoms with Crippen molar-refractivity contribution in [2.24, 2.45) is 5.10 Å².